The smallest absolute Gasteiger partial charge is 0.408 e. The summed E-state index contributed by atoms with van der Waals surface area (Å²) >= 11 is 0. The van der Waals surface area contributed by atoms with Crippen molar-refractivity contribution in [2.24, 2.45) is 5.92 Å². The Labute approximate surface area is 122 Å². The van der Waals surface area contributed by atoms with Crippen LogP contribution in [0.2, 0.25) is 0 Å². The normalized spacial score (nSPS) is 32.0. The molecule has 1 unspecified atom stereocenters. The van der Waals surface area contributed by atoms with E-state index in [-0.39, 0.29) is 30.0 Å². The molecule has 1 saturated heterocycles. The van der Waals surface area contributed by atoms with Gasteiger partial charge in [-0.05, 0) is 46.5 Å². The summed E-state index contributed by atoms with van der Waals surface area (Å²) in [5.41, 5.74) is -0.335. The largest absolute Gasteiger partial charge is 0.413 e. The number of nitrogens with one attached hydrogen (secondary N) is 1. The number of hydrogen-bond acceptors (Lipinski definition) is 3. The minimum absolute atomic E-state index is 0.0316. The van der Waals surface area contributed by atoms with E-state index < -0.39 is 0 Å². The lowest BCUT2D eigenvalue weighted by molar-refractivity contribution is -0.126. The number of nitrogens with zero attached hydrogens (tertiary/aromatic N) is 1. The zero-order chi connectivity index (χ0) is 14.5. The molecule has 1 atom stereocenters. The van der Waals surface area contributed by atoms with Gasteiger partial charge in [0.25, 0.3) is 0 Å². The zero-order valence-electron chi connectivity index (χ0n) is 13.0. The van der Waals surface area contributed by atoms with Crippen molar-refractivity contribution < 1.29 is 9.45 Å². The highest BCUT2D eigenvalue weighted by atomic mass is 16.5. The molecule has 2 heterocycles. The maximum atomic E-state index is 12.1. The quantitative estimate of drug-likeness (QED) is 0.799. The fourth-order valence-electron chi connectivity index (χ4n) is 3.14. The molecule has 4 nitrogen and oxygen atoms in total. The number of carbonyl (C=O) groups excluding carboxylic acids is 1. The van der Waals surface area contributed by atoms with Gasteiger partial charge in [0.1, 0.15) is 0 Å². The van der Waals surface area contributed by atoms with Crippen LogP contribution in [-0.4, -0.2) is 41.5 Å². The van der Waals surface area contributed by atoms with Gasteiger partial charge in [0, 0.05) is 18.2 Å². The van der Waals surface area contributed by atoms with Gasteiger partial charge in [0.2, 0.25) is 5.91 Å². The first-order valence-corrected chi connectivity index (χ1v) is 7.74. The van der Waals surface area contributed by atoms with E-state index in [9.17, 15) is 4.79 Å². The molecule has 3 rings (SSSR count). The molecule has 2 fully saturated rings. The average molecular weight is 276 g/mol. The summed E-state index contributed by atoms with van der Waals surface area (Å²) in [6, 6.07) is 0. The standard InChI is InChI=1S/C15H25BN2O2/c1-14(2)15(3,4)20-16(17-14)12-8-9-13(19)18(12)10-11-6-5-7-11/h8-9,11-12,17H,5-7,10H2,1-4H3. The number of carbonyl (C=O) groups is 1. The summed E-state index contributed by atoms with van der Waals surface area (Å²) in [6.07, 6.45) is 7.52. The molecular weight excluding hydrogens is 251 g/mol. The van der Waals surface area contributed by atoms with Crippen LogP contribution >= 0.6 is 0 Å². The monoisotopic (exact) mass is 276 g/mol. The minimum atomic E-state index is -0.237. The molecule has 1 aliphatic carbocycles. The molecule has 2 aliphatic heterocycles. The fourth-order valence-corrected chi connectivity index (χ4v) is 3.14. The van der Waals surface area contributed by atoms with E-state index in [4.69, 9.17) is 4.65 Å². The van der Waals surface area contributed by atoms with Crippen LogP contribution in [0.15, 0.2) is 12.2 Å². The minimum Gasteiger partial charge on any atom is -0.413 e. The highest BCUT2D eigenvalue weighted by Crippen LogP contribution is 2.35. The van der Waals surface area contributed by atoms with E-state index in [0.29, 0.717) is 5.92 Å². The zero-order valence-corrected chi connectivity index (χ0v) is 13.0. The molecule has 5 heteroatoms. The molecule has 1 saturated carbocycles. The van der Waals surface area contributed by atoms with E-state index in [0.717, 1.165) is 6.54 Å². The average Bonchev–Trinajstić information content (AvgIpc) is 2.72. The van der Waals surface area contributed by atoms with Crippen LogP contribution in [0.25, 0.3) is 0 Å². The van der Waals surface area contributed by atoms with Crippen molar-refractivity contribution in [2.45, 2.75) is 64.0 Å². The fraction of sp³-hybridized carbons (Fsp3) is 0.800. The van der Waals surface area contributed by atoms with Crippen LogP contribution < -0.4 is 5.23 Å². The molecule has 3 aliphatic rings. The van der Waals surface area contributed by atoms with Crippen LogP contribution in [0, 0.1) is 5.92 Å². The van der Waals surface area contributed by atoms with E-state index in [1.165, 1.54) is 19.3 Å². The first-order chi connectivity index (χ1) is 9.30. The van der Waals surface area contributed by atoms with Gasteiger partial charge >= 0.3 is 7.05 Å². The van der Waals surface area contributed by atoms with Crippen molar-refractivity contribution in [1.82, 2.24) is 10.1 Å². The third kappa shape index (κ3) is 2.21. The second-order valence-electron chi connectivity index (χ2n) is 7.46. The second-order valence-corrected chi connectivity index (χ2v) is 7.46. The molecule has 0 aromatic heterocycles. The SMILES string of the molecule is CC1(C)NB(C2C=CC(=O)N2CC2CCC2)OC1(C)C. The lowest BCUT2D eigenvalue weighted by Crippen LogP contribution is -2.55. The summed E-state index contributed by atoms with van der Waals surface area (Å²) in [7, 11) is -0.109. The van der Waals surface area contributed by atoms with Crippen molar-refractivity contribution in [1.29, 1.82) is 0 Å². The van der Waals surface area contributed by atoms with Gasteiger partial charge in [-0.25, -0.2) is 0 Å². The maximum absolute atomic E-state index is 12.1. The number of rotatable bonds is 3. The van der Waals surface area contributed by atoms with E-state index in [1.54, 1.807) is 6.08 Å². The van der Waals surface area contributed by atoms with Crippen molar-refractivity contribution in [3.8, 4) is 0 Å². The number of amides is 1. The topological polar surface area (TPSA) is 41.6 Å². The van der Waals surface area contributed by atoms with Crippen LogP contribution in [0.3, 0.4) is 0 Å². The van der Waals surface area contributed by atoms with Crippen molar-refractivity contribution in [2.75, 3.05) is 6.54 Å². The highest BCUT2D eigenvalue weighted by Gasteiger charge is 2.53. The Kier molecular flexibility index (Phi) is 3.25. The predicted molar refractivity (Wildman–Crippen MR) is 80.1 cm³/mol. The van der Waals surface area contributed by atoms with Crippen molar-refractivity contribution in [3.05, 3.63) is 12.2 Å². The Bertz CT molecular complexity index is 427. The first kappa shape index (κ1) is 14.1. The Morgan fingerprint density at radius 1 is 1.40 bits per heavy atom. The Morgan fingerprint density at radius 2 is 2.10 bits per heavy atom. The molecule has 1 N–H and O–H groups in total. The van der Waals surface area contributed by atoms with Crippen LogP contribution in [0.1, 0.15) is 47.0 Å². The number of hydrogen-bond donors (Lipinski definition) is 1. The van der Waals surface area contributed by atoms with Gasteiger partial charge in [-0.2, -0.15) is 0 Å². The molecule has 0 spiro atoms. The maximum Gasteiger partial charge on any atom is 0.408 e. The van der Waals surface area contributed by atoms with Gasteiger partial charge in [0.15, 0.2) is 0 Å². The predicted octanol–water partition coefficient (Wildman–Crippen LogP) is 1.76. The molecule has 110 valence electrons. The summed E-state index contributed by atoms with van der Waals surface area (Å²) in [5, 5.41) is 3.55. The molecule has 0 bridgehead atoms. The van der Waals surface area contributed by atoms with Crippen molar-refractivity contribution >= 4 is 13.0 Å². The van der Waals surface area contributed by atoms with Gasteiger partial charge < -0.3 is 14.8 Å². The van der Waals surface area contributed by atoms with Gasteiger partial charge in [-0.15, -0.1) is 0 Å². The second kappa shape index (κ2) is 4.60. The third-order valence-corrected chi connectivity index (χ3v) is 5.50. The molecule has 0 radical (unpaired) electrons. The van der Waals surface area contributed by atoms with Gasteiger partial charge in [0.05, 0.1) is 11.5 Å². The van der Waals surface area contributed by atoms with Gasteiger partial charge in [-0.1, -0.05) is 12.5 Å². The Balaban J connectivity index is 1.72. The molecule has 20 heavy (non-hydrogen) atoms. The Hall–Kier alpha value is -0.805. The van der Waals surface area contributed by atoms with E-state index in [1.807, 2.05) is 11.0 Å². The van der Waals surface area contributed by atoms with Crippen molar-refractivity contribution in [3.63, 3.8) is 0 Å². The summed E-state index contributed by atoms with van der Waals surface area (Å²) in [6.45, 7) is 9.40. The summed E-state index contributed by atoms with van der Waals surface area (Å²) < 4.78 is 6.20. The molecular formula is C15H25BN2O2. The first-order valence-electron chi connectivity index (χ1n) is 7.74. The highest BCUT2D eigenvalue weighted by molar-refractivity contribution is 6.53. The van der Waals surface area contributed by atoms with E-state index in [2.05, 4.69) is 32.9 Å². The lowest BCUT2D eigenvalue weighted by atomic mass is 9.71. The van der Waals surface area contributed by atoms with Crippen LogP contribution in [0.4, 0.5) is 0 Å². The third-order valence-electron chi connectivity index (χ3n) is 5.50. The van der Waals surface area contributed by atoms with Crippen LogP contribution in [-0.2, 0) is 9.45 Å². The van der Waals surface area contributed by atoms with Crippen LogP contribution in [0.5, 0.6) is 0 Å². The summed E-state index contributed by atoms with van der Waals surface area (Å²) in [4.78, 5) is 14.1. The lowest BCUT2D eigenvalue weighted by Gasteiger charge is -2.34. The Morgan fingerprint density at radius 3 is 2.60 bits per heavy atom. The van der Waals surface area contributed by atoms with E-state index >= 15 is 0 Å². The molecule has 0 aromatic carbocycles. The summed E-state index contributed by atoms with van der Waals surface area (Å²) in [5.74, 6) is 0.850. The molecule has 1 amide bonds. The molecule has 0 aromatic rings. The van der Waals surface area contributed by atoms with Gasteiger partial charge in [-0.3, -0.25) is 4.79 Å².